The molecule has 1 atom stereocenters. The van der Waals surface area contributed by atoms with Crippen LogP contribution in [0.4, 0.5) is 0 Å². The predicted octanol–water partition coefficient (Wildman–Crippen LogP) is 2.21. The van der Waals surface area contributed by atoms with Gasteiger partial charge in [-0.3, -0.25) is 4.79 Å². The number of nitrogens with zero attached hydrogens (tertiary/aromatic N) is 1. The molecule has 1 fully saturated rings. The van der Waals surface area contributed by atoms with Gasteiger partial charge in [-0.2, -0.15) is 0 Å². The standard InChI is InChI=1S/C8H10INOS/c1-8-3-7(11)2-6(8)4-10(5-8)12-9/h2H,3-5H2,1H3. The van der Waals surface area contributed by atoms with Crippen LogP contribution in [0, 0.1) is 5.41 Å². The number of allylic oxidation sites excluding steroid dienone is 1. The number of carbonyl (C=O) groups is 1. The van der Waals surface area contributed by atoms with Gasteiger partial charge in [-0.15, -0.1) is 0 Å². The van der Waals surface area contributed by atoms with Gasteiger partial charge >= 0.3 is 0 Å². The van der Waals surface area contributed by atoms with E-state index in [2.05, 4.69) is 32.4 Å². The van der Waals surface area contributed by atoms with E-state index in [0.29, 0.717) is 5.78 Å². The van der Waals surface area contributed by atoms with Crippen molar-refractivity contribution in [1.82, 2.24) is 4.31 Å². The molecule has 1 saturated heterocycles. The van der Waals surface area contributed by atoms with Gasteiger partial charge in [-0.25, -0.2) is 4.31 Å². The van der Waals surface area contributed by atoms with Crippen LogP contribution in [-0.4, -0.2) is 23.2 Å². The van der Waals surface area contributed by atoms with Gasteiger partial charge in [0.05, 0.1) is 0 Å². The first-order valence-corrected chi connectivity index (χ1v) is 7.23. The summed E-state index contributed by atoms with van der Waals surface area (Å²) in [7, 11) is 1.74. The van der Waals surface area contributed by atoms with E-state index in [4.69, 9.17) is 0 Å². The minimum Gasteiger partial charge on any atom is -0.295 e. The Labute approximate surface area is 88.5 Å². The molecule has 1 unspecified atom stereocenters. The topological polar surface area (TPSA) is 20.3 Å². The summed E-state index contributed by atoms with van der Waals surface area (Å²) < 4.78 is 2.30. The lowest BCUT2D eigenvalue weighted by molar-refractivity contribution is -0.115. The number of halogens is 1. The van der Waals surface area contributed by atoms with Gasteiger partial charge in [-0.05, 0) is 20.8 Å². The van der Waals surface area contributed by atoms with Crippen LogP contribution in [0.3, 0.4) is 0 Å². The highest BCUT2D eigenvalue weighted by atomic mass is 127. The summed E-state index contributed by atoms with van der Waals surface area (Å²) in [6.45, 7) is 4.19. The van der Waals surface area contributed by atoms with Crippen molar-refractivity contribution in [3.05, 3.63) is 11.6 Å². The fourth-order valence-corrected chi connectivity index (χ4v) is 3.35. The molecule has 0 amide bonds. The van der Waals surface area contributed by atoms with Gasteiger partial charge in [0.15, 0.2) is 5.78 Å². The molecule has 1 heterocycles. The molecular weight excluding hydrogens is 285 g/mol. The van der Waals surface area contributed by atoms with Gasteiger partial charge in [0, 0.05) is 46.1 Å². The lowest BCUT2D eigenvalue weighted by atomic mass is 9.86. The highest BCUT2D eigenvalue weighted by Gasteiger charge is 2.43. The molecule has 12 heavy (non-hydrogen) atoms. The normalized spacial score (nSPS) is 35.5. The Morgan fingerprint density at radius 2 is 2.50 bits per heavy atom. The molecule has 66 valence electrons. The number of rotatable bonds is 1. The number of ketones is 1. The second kappa shape index (κ2) is 2.99. The fourth-order valence-electron chi connectivity index (χ4n) is 2.00. The Bertz CT molecular complexity index is 266. The van der Waals surface area contributed by atoms with E-state index in [9.17, 15) is 4.79 Å². The van der Waals surface area contributed by atoms with Crippen LogP contribution in [0.1, 0.15) is 13.3 Å². The summed E-state index contributed by atoms with van der Waals surface area (Å²) >= 11 is 2.29. The zero-order chi connectivity index (χ0) is 8.77. The molecule has 1 aliphatic carbocycles. The Hall–Kier alpha value is 0.450. The van der Waals surface area contributed by atoms with E-state index in [1.165, 1.54) is 5.57 Å². The van der Waals surface area contributed by atoms with E-state index in [1.807, 2.05) is 6.08 Å². The van der Waals surface area contributed by atoms with E-state index < -0.39 is 0 Å². The van der Waals surface area contributed by atoms with Crippen molar-refractivity contribution < 1.29 is 4.79 Å². The van der Waals surface area contributed by atoms with Crippen LogP contribution in [0.2, 0.25) is 0 Å². The highest BCUT2D eigenvalue weighted by molar-refractivity contribution is 14.2. The van der Waals surface area contributed by atoms with Crippen LogP contribution in [0.25, 0.3) is 0 Å². The summed E-state index contributed by atoms with van der Waals surface area (Å²) in [5.41, 5.74) is 1.49. The van der Waals surface area contributed by atoms with Crippen LogP contribution >= 0.6 is 30.3 Å². The van der Waals surface area contributed by atoms with Crippen molar-refractivity contribution in [2.24, 2.45) is 5.41 Å². The molecule has 2 rings (SSSR count). The van der Waals surface area contributed by atoms with Crippen molar-refractivity contribution in [2.75, 3.05) is 13.1 Å². The van der Waals surface area contributed by atoms with Gasteiger partial charge in [0.2, 0.25) is 0 Å². The minimum atomic E-state index is 0.162. The minimum absolute atomic E-state index is 0.162. The van der Waals surface area contributed by atoms with Crippen LogP contribution < -0.4 is 0 Å². The summed E-state index contributed by atoms with van der Waals surface area (Å²) in [4.78, 5) is 11.2. The van der Waals surface area contributed by atoms with E-state index in [0.717, 1.165) is 19.5 Å². The van der Waals surface area contributed by atoms with Crippen LogP contribution in [0.5, 0.6) is 0 Å². The smallest absolute Gasteiger partial charge is 0.156 e. The molecule has 0 bridgehead atoms. The summed E-state index contributed by atoms with van der Waals surface area (Å²) in [5, 5.41) is 0. The molecule has 0 aromatic carbocycles. The van der Waals surface area contributed by atoms with Gasteiger partial charge < -0.3 is 0 Å². The Kier molecular flexibility index (Phi) is 2.25. The number of carbonyl (C=O) groups excluding carboxylic acids is 1. The molecular formula is C8H10INOS. The molecule has 0 spiro atoms. The zero-order valence-corrected chi connectivity index (χ0v) is 9.81. The van der Waals surface area contributed by atoms with Gasteiger partial charge in [0.1, 0.15) is 0 Å². The largest absolute Gasteiger partial charge is 0.295 e. The van der Waals surface area contributed by atoms with E-state index in [1.54, 1.807) is 9.12 Å². The number of fused-ring (bicyclic) bond motifs is 1. The zero-order valence-electron chi connectivity index (χ0n) is 6.84. The maximum atomic E-state index is 11.2. The second-order valence-electron chi connectivity index (χ2n) is 3.74. The molecule has 0 N–H and O–H groups in total. The maximum Gasteiger partial charge on any atom is 0.156 e. The van der Waals surface area contributed by atoms with E-state index in [-0.39, 0.29) is 5.41 Å². The SMILES string of the molecule is CC12CC(=O)C=C1CN(SI)C2. The second-order valence-corrected chi connectivity index (χ2v) is 5.58. The van der Waals surface area contributed by atoms with Gasteiger partial charge in [0.25, 0.3) is 0 Å². The first-order chi connectivity index (χ1) is 5.64. The summed E-state index contributed by atoms with van der Waals surface area (Å²) in [5.74, 6) is 0.311. The molecule has 0 radical (unpaired) electrons. The quantitative estimate of drug-likeness (QED) is 0.546. The molecule has 0 aromatic heterocycles. The molecule has 0 aromatic rings. The first-order valence-electron chi connectivity index (χ1n) is 3.92. The molecule has 2 aliphatic rings. The first kappa shape index (κ1) is 9.02. The number of hydrogen-bond acceptors (Lipinski definition) is 3. The molecule has 2 nitrogen and oxygen atoms in total. The Balaban J connectivity index is 2.23. The third-order valence-electron chi connectivity index (χ3n) is 2.64. The van der Waals surface area contributed by atoms with Crippen LogP contribution in [-0.2, 0) is 4.79 Å². The fraction of sp³-hybridized carbons (Fsp3) is 0.625. The average Bonchev–Trinajstić information content (AvgIpc) is 2.38. The average molecular weight is 295 g/mol. The third kappa shape index (κ3) is 1.33. The Morgan fingerprint density at radius 3 is 3.08 bits per heavy atom. The molecule has 4 heteroatoms. The highest BCUT2D eigenvalue weighted by Crippen LogP contribution is 2.45. The van der Waals surface area contributed by atoms with Crippen molar-refractivity contribution in [2.45, 2.75) is 13.3 Å². The van der Waals surface area contributed by atoms with Gasteiger partial charge in [-0.1, -0.05) is 6.92 Å². The summed E-state index contributed by atoms with van der Waals surface area (Å²) in [6.07, 6.45) is 2.56. The maximum absolute atomic E-state index is 11.2. The van der Waals surface area contributed by atoms with E-state index >= 15 is 0 Å². The van der Waals surface area contributed by atoms with Crippen molar-refractivity contribution >= 4 is 36.1 Å². The lowest BCUT2D eigenvalue weighted by Gasteiger charge is -2.18. The molecule has 1 aliphatic heterocycles. The Morgan fingerprint density at radius 1 is 1.75 bits per heavy atom. The summed E-state index contributed by atoms with van der Waals surface area (Å²) in [6, 6.07) is 0. The van der Waals surface area contributed by atoms with Crippen molar-refractivity contribution in [1.29, 1.82) is 0 Å². The van der Waals surface area contributed by atoms with Crippen molar-refractivity contribution in [3.63, 3.8) is 0 Å². The lowest BCUT2D eigenvalue weighted by Crippen LogP contribution is -2.20. The monoisotopic (exact) mass is 295 g/mol. The molecule has 0 saturated carbocycles. The van der Waals surface area contributed by atoms with Crippen LogP contribution in [0.15, 0.2) is 11.6 Å². The van der Waals surface area contributed by atoms with Crippen molar-refractivity contribution in [3.8, 4) is 0 Å². The third-order valence-corrected chi connectivity index (χ3v) is 4.77. The predicted molar refractivity (Wildman–Crippen MR) is 59.0 cm³/mol. The number of hydrogen-bond donors (Lipinski definition) is 0.